The van der Waals surface area contributed by atoms with E-state index in [1.165, 1.54) is 18.4 Å². The Kier molecular flexibility index (Phi) is 7.39. The maximum atomic E-state index is 14.0. The number of benzene rings is 1. The molecule has 1 aromatic carbocycles. The monoisotopic (exact) mass is 569 g/mol. The van der Waals surface area contributed by atoms with Crippen LogP contribution in [0.3, 0.4) is 0 Å². The van der Waals surface area contributed by atoms with Gasteiger partial charge in [0.2, 0.25) is 5.89 Å². The minimum atomic E-state index is -4.49. The molecule has 6 rings (SSSR count). The summed E-state index contributed by atoms with van der Waals surface area (Å²) in [7, 11) is 0. The van der Waals surface area contributed by atoms with Gasteiger partial charge in [-0.15, -0.1) is 0 Å². The number of alkyl halides is 3. The molecule has 2 aromatic heterocycles. The van der Waals surface area contributed by atoms with Gasteiger partial charge in [-0.3, -0.25) is 9.78 Å². The summed E-state index contributed by atoms with van der Waals surface area (Å²) in [6, 6.07) is 8.36. The van der Waals surface area contributed by atoms with Crippen molar-refractivity contribution in [3.63, 3.8) is 0 Å². The first-order chi connectivity index (χ1) is 19.7. The number of halogens is 3. The van der Waals surface area contributed by atoms with Gasteiger partial charge < -0.3 is 25.0 Å². The minimum Gasteiger partial charge on any atom is -0.444 e. The molecule has 0 bridgehead atoms. The van der Waals surface area contributed by atoms with E-state index in [2.05, 4.69) is 25.8 Å². The summed E-state index contributed by atoms with van der Waals surface area (Å²) < 4.78 is 45.3. The molecule has 2 aliphatic heterocycles. The number of Topliss-reactive ketones (excluding diaryl/α,β-unsaturated/α-hetero) is 1. The average Bonchev–Trinajstić information content (AvgIpc) is 3.76. The van der Waals surface area contributed by atoms with Crippen LogP contribution in [0.15, 0.2) is 64.6 Å². The van der Waals surface area contributed by atoms with Crippen molar-refractivity contribution in [2.45, 2.75) is 68.0 Å². The van der Waals surface area contributed by atoms with Gasteiger partial charge in [-0.1, -0.05) is 17.3 Å². The molecule has 12 heteroatoms. The second-order valence-corrected chi connectivity index (χ2v) is 10.9. The zero-order chi connectivity index (χ0) is 28.6. The highest BCUT2D eigenvalue weighted by Crippen LogP contribution is 2.39. The Hall–Kier alpha value is -3.61. The van der Waals surface area contributed by atoms with Crippen molar-refractivity contribution in [1.29, 1.82) is 0 Å². The lowest BCUT2D eigenvalue weighted by molar-refractivity contribution is -0.137. The topological polar surface area (TPSA) is 122 Å². The third-order valence-electron chi connectivity index (χ3n) is 8.25. The predicted octanol–water partition coefficient (Wildman–Crippen LogP) is 3.84. The SMILES string of the molecule is O=C(C1CC(c2cccc(C(F)(F)F)c2)=NO1)[C@]1(NC2CCC(O)CC2c2ncccc2-c2ncco2)CCNC1. The van der Waals surface area contributed by atoms with Crippen LogP contribution in [0.2, 0.25) is 0 Å². The lowest BCUT2D eigenvalue weighted by atomic mass is 9.77. The number of rotatable bonds is 7. The number of oxime groups is 1. The van der Waals surface area contributed by atoms with Crippen molar-refractivity contribution in [2.75, 3.05) is 13.1 Å². The van der Waals surface area contributed by atoms with Crippen molar-refractivity contribution < 1.29 is 32.3 Å². The quantitative estimate of drug-likeness (QED) is 0.393. The second-order valence-electron chi connectivity index (χ2n) is 10.9. The molecule has 3 aliphatic rings. The van der Waals surface area contributed by atoms with Crippen molar-refractivity contribution in [3.05, 3.63) is 71.9 Å². The van der Waals surface area contributed by atoms with E-state index in [0.29, 0.717) is 50.4 Å². The summed E-state index contributed by atoms with van der Waals surface area (Å²) in [6.07, 6.45) is 1.01. The van der Waals surface area contributed by atoms with E-state index >= 15 is 0 Å². The molecule has 1 saturated heterocycles. The number of nitrogens with one attached hydrogen (secondary N) is 2. The highest BCUT2D eigenvalue weighted by molar-refractivity contribution is 6.06. The fraction of sp³-hybridized carbons (Fsp3) is 0.448. The number of pyridine rings is 1. The summed E-state index contributed by atoms with van der Waals surface area (Å²) in [4.78, 5) is 28.5. The first kappa shape index (κ1) is 27.6. The number of hydrogen-bond acceptors (Lipinski definition) is 9. The molecule has 0 spiro atoms. The lowest BCUT2D eigenvalue weighted by Gasteiger charge is -2.41. The number of aliphatic hydroxyl groups excluding tert-OH is 1. The molecule has 1 saturated carbocycles. The fourth-order valence-corrected chi connectivity index (χ4v) is 6.20. The molecule has 0 amide bonds. The van der Waals surface area contributed by atoms with Gasteiger partial charge in [0, 0.05) is 36.7 Å². The molecule has 2 fully saturated rings. The summed E-state index contributed by atoms with van der Waals surface area (Å²) in [5.41, 5.74) is 0.274. The maximum absolute atomic E-state index is 14.0. The van der Waals surface area contributed by atoms with Crippen LogP contribution in [0, 0.1) is 0 Å². The fourth-order valence-electron chi connectivity index (χ4n) is 6.20. The largest absolute Gasteiger partial charge is 0.444 e. The van der Waals surface area contributed by atoms with Gasteiger partial charge in [-0.25, -0.2) is 4.98 Å². The molecule has 1 aliphatic carbocycles. The van der Waals surface area contributed by atoms with Gasteiger partial charge in [-0.2, -0.15) is 13.2 Å². The Morgan fingerprint density at radius 2 is 2.02 bits per heavy atom. The third-order valence-corrected chi connectivity index (χ3v) is 8.25. The highest BCUT2D eigenvalue weighted by atomic mass is 19.4. The van der Waals surface area contributed by atoms with E-state index in [1.54, 1.807) is 18.5 Å². The van der Waals surface area contributed by atoms with E-state index in [0.717, 1.165) is 23.4 Å². The van der Waals surface area contributed by atoms with E-state index in [-0.39, 0.29) is 29.7 Å². The Morgan fingerprint density at radius 1 is 1.15 bits per heavy atom. The van der Waals surface area contributed by atoms with Crippen LogP contribution in [0.4, 0.5) is 13.2 Å². The maximum Gasteiger partial charge on any atom is 0.416 e. The van der Waals surface area contributed by atoms with E-state index in [1.807, 2.05) is 6.07 Å². The van der Waals surface area contributed by atoms with Crippen LogP contribution >= 0.6 is 0 Å². The zero-order valence-corrected chi connectivity index (χ0v) is 22.1. The van der Waals surface area contributed by atoms with Gasteiger partial charge in [0.1, 0.15) is 6.26 Å². The van der Waals surface area contributed by atoms with Gasteiger partial charge in [-0.05, 0) is 56.5 Å². The van der Waals surface area contributed by atoms with Crippen LogP contribution in [-0.4, -0.2) is 63.4 Å². The van der Waals surface area contributed by atoms with Crippen molar-refractivity contribution in [3.8, 4) is 11.5 Å². The molecule has 3 N–H and O–H groups in total. The standard InChI is InChI=1S/C29H30F3N5O4/c30-29(31,32)18-4-1-3-17(13-18)23-15-24(41-37-23)26(39)28(8-10-33-16-28)36-22-7-6-19(38)14-21(22)25-20(5-2-9-34-25)27-35-11-12-40-27/h1-5,9,11-13,19,21-22,24,33,36,38H,6-8,10,14-16H2/t19?,21?,22?,24?,28-/m0/s1. The van der Waals surface area contributed by atoms with Crippen molar-refractivity contribution in [1.82, 2.24) is 20.6 Å². The van der Waals surface area contributed by atoms with Crippen LogP contribution in [-0.2, 0) is 15.8 Å². The van der Waals surface area contributed by atoms with Crippen LogP contribution in [0.1, 0.15) is 54.8 Å². The van der Waals surface area contributed by atoms with Crippen LogP contribution in [0.25, 0.3) is 11.5 Å². The third kappa shape index (κ3) is 5.51. The minimum absolute atomic E-state index is 0.0743. The number of hydrogen-bond donors (Lipinski definition) is 3. The number of oxazole rings is 1. The average molecular weight is 570 g/mol. The number of carbonyl (C=O) groups excluding carboxylic acids is 1. The molecular weight excluding hydrogens is 539 g/mol. The van der Waals surface area contributed by atoms with Gasteiger partial charge >= 0.3 is 6.18 Å². The number of carbonyl (C=O) groups is 1. The van der Waals surface area contributed by atoms with Gasteiger partial charge in [0.05, 0.1) is 40.4 Å². The summed E-state index contributed by atoms with van der Waals surface area (Å²) in [5.74, 6) is -0.000513. The first-order valence-electron chi connectivity index (χ1n) is 13.7. The normalized spacial score (nSPS) is 28.3. The summed E-state index contributed by atoms with van der Waals surface area (Å²) >= 11 is 0. The van der Waals surface area contributed by atoms with Gasteiger partial charge in [0.15, 0.2) is 11.9 Å². The second kappa shape index (κ2) is 11.0. The lowest BCUT2D eigenvalue weighted by Crippen LogP contribution is -2.62. The molecule has 41 heavy (non-hydrogen) atoms. The number of aromatic nitrogens is 2. The first-order valence-corrected chi connectivity index (χ1v) is 13.7. The molecule has 9 nitrogen and oxygen atoms in total. The molecule has 5 atom stereocenters. The van der Waals surface area contributed by atoms with Crippen molar-refractivity contribution >= 4 is 11.5 Å². The highest BCUT2D eigenvalue weighted by Gasteiger charge is 2.49. The Balaban J connectivity index is 1.24. The summed E-state index contributed by atoms with van der Waals surface area (Å²) in [6.45, 7) is 0.975. The van der Waals surface area contributed by atoms with Crippen molar-refractivity contribution in [2.24, 2.45) is 5.16 Å². The van der Waals surface area contributed by atoms with Crippen LogP contribution in [0.5, 0.6) is 0 Å². The molecular formula is C29H30F3N5O4. The molecule has 4 unspecified atom stereocenters. The predicted molar refractivity (Wildman–Crippen MR) is 142 cm³/mol. The molecule has 3 aromatic rings. The molecule has 216 valence electrons. The van der Waals surface area contributed by atoms with Gasteiger partial charge in [0.25, 0.3) is 0 Å². The number of ketones is 1. The number of nitrogens with zero attached hydrogens (tertiary/aromatic N) is 3. The van der Waals surface area contributed by atoms with E-state index in [9.17, 15) is 23.1 Å². The Bertz CT molecular complexity index is 1420. The van der Waals surface area contributed by atoms with Crippen LogP contribution < -0.4 is 10.6 Å². The van der Waals surface area contributed by atoms with E-state index in [4.69, 9.17) is 9.25 Å². The number of aliphatic hydroxyl groups is 1. The zero-order valence-electron chi connectivity index (χ0n) is 22.1. The smallest absolute Gasteiger partial charge is 0.416 e. The summed E-state index contributed by atoms with van der Waals surface area (Å²) in [5, 5.41) is 21.5. The Labute approximate surface area is 234 Å². The van der Waals surface area contributed by atoms with E-state index < -0.39 is 29.5 Å². The molecule has 4 heterocycles. The molecule has 0 radical (unpaired) electrons. The Morgan fingerprint density at radius 3 is 2.78 bits per heavy atom.